The minimum absolute atomic E-state index is 0.0463. The predicted octanol–water partition coefficient (Wildman–Crippen LogP) is 1.04. The van der Waals surface area contributed by atoms with Gasteiger partial charge in [0.05, 0.1) is 0 Å². The van der Waals surface area contributed by atoms with E-state index < -0.39 is 11.5 Å². The van der Waals surface area contributed by atoms with E-state index in [4.69, 9.17) is 5.73 Å². The van der Waals surface area contributed by atoms with Crippen molar-refractivity contribution in [1.82, 2.24) is 14.9 Å². The average molecular weight is 347 g/mol. The summed E-state index contributed by atoms with van der Waals surface area (Å²) >= 11 is 1.22. The number of benzene rings is 1. The number of amides is 2. The largest absolute Gasteiger partial charge is 0.365 e. The summed E-state index contributed by atoms with van der Waals surface area (Å²) in [6.07, 6.45) is 1.74. The molecular formula is C15H17N5O3S. The minimum atomic E-state index is -0.889. The van der Waals surface area contributed by atoms with Crippen molar-refractivity contribution in [1.29, 1.82) is 0 Å². The standard InChI is InChI=1S/C15H17N5O3S/c1-20(2)14(23)8-5-4-6-9(7-8)17-12-10(11(16)21)13(22)19-15(18-12)24-3/h4-7H,1-3H3,(H2,16,21)(H2,17,18,19,22). The second-order valence-electron chi connectivity index (χ2n) is 5.07. The van der Waals surface area contributed by atoms with Gasteiger partial charge in [-0.1, -0.05) is 17.8 Å². The number of hydrogen-bond donors (Lipinski definition) is 3. The first-order valence-corrected chi connectivity index (χ1v) is 8.12. The number of hydrogen-bond acceptors (Lipinski definition) is 6. The van der Waals surface area contributed by atoms with Crippen molar-refractivity contribution in [2.45, 2.75) is 5.16 Å². The maximum absolute atomic E-state index is 12.0. The molecule has 0 aliphatic heterocycles. The lowest BCUT2D eigenvalue weighted by Gasteiger charge is -2.13. The van der Waals surface area contributed by atoms with Gasteiger partial charge in [0.2, 0.25) is 0 Å². The number of nitrogens with zero attached hydrogens (tertiary/aromatic N) is 2. The highest BCUT2D eigenvalue weighted by atomic mass is 32.2. The Hall–Kier alpha value is -2.81. The highest BCUT2D eigenvalue weighted by Crippen LogP contribution is 2.20. The molecule has 0 aliphatic rings. The first-order valence-electron chi connectivity index (χ1n) is 6.90. The van der Waals surface area contributed by atoms with Crippen LogP contribution >= 0.6 is 11.8 Å². The fourth-order valence-corrected chi connectivity index (χ4v) is 2.37. The van der Waals surface area contributed by atoms with Gasteiger partial charge in [0.15, 0.2) is 11.0 Å². The lowest BCUT2D eigenvalue weighted by molar-refractivity contribution is 0.0827. The number of nitrogens with two attached hydrogens (primary N) is 1. The molecule has 0 bridgehead atoms. The molecule has 0 saturated carbocycles. The number of carbonyl (C=O) groups is 2. The summed E-state index contributed by atoms with van der Waals surface area (Å²) in [5.41, 5.74) is 5.35. The van der Waals surface area contributed by atoms with Crippen molar-refractivity contribution in [2.75, 3.05) is 25.7 Å². The van der Waals surface area contributed by atoms with Crippen LogP contribution in [0.4, 0.5) is 11.5 Å². The predicted molar refractivity (Wildman–Crippen MR) is 92.9 cm³/mol. The lowest BCUT2D eigenvalue weighted by atomic mass is 10.1. The van der Waals surface area contributed by atoms with Gasteiger partial charge < -0.3 is 20.9 Å². The Morgan fingerprint density at radius 1 is 1.33 bits per heavy atom. The Morgan fingerprint density at radius 2 is 2.04 bits per heavy atom. The SMILES string of the molecule is CSc1nc(Nc2cccc(C(=O)N(C)C)c2)c(C(N)=O)c(=O)[nH]1. The van der Waals surface area contributed by atoms with Crippen LogP contribution < -0.4 is 16.6 Å². The fraction of sp³-hybridized carbons (Fsp3) is 0.200. The Morgan fingerprint density at radius 3 is 2.62 bits per heavy atom. The molecule has 1 aromatic carbocycles. The van der Waals surface area contributed by atoms with E-state index in [1.165, 1.54) is 16.7 Å². The monoisotopic (exact) mass is 347 g/mol. The van der Waals surface area contributed by atoms with Crippen molar-refractivity contribution >= 4 is 35.1 Å². The molecule has 0 saturated heterocycles. The van der Waals surface area contributed by atoms with Gasteiger partial charge in [-0.2, -0.15) is 0 Å². The third-order valence-electron chi connectivity index (χ3n) is 3.12. The quantitative estimate of drug-likeness (QED) is 0.549. The molecule has 8 nitrogen and oxygen atoms in total. The van der Waals surface area contributed by atoms with Gasteiger partial charge >= 0.3 is 0 Å². The van der Waals surface area contributed by atoms with E-state index in [0.717, 1.165) is 0 Å². The van der Waals surface area contributed by atoms with E-state index in [1.54, 1.807) is 44.6 Å². The van der Waals surface area contributed by atoms with Crippen molar-refractivity contribution in [2.24, 2.45) is 5.73 Å². The minimum Gasteiger partial charge on any atom is -0.365 e. The normalized spacial score (nSPS) is 10.3. The molecule has 9 heteroatoms. The Balaban J connectivity index is 2.46. The van der Waals surface area contributed by atoms with E-state index in [-0.39, 0.29) is 17.3 Å². The van der Waals surface area contributed by atoms with Crippen LogP contribution in [0.3, 0.4) is 0 Å². The summed E-state index contributed by atoms with van der Waals surface area (Å²) in [5.74, 6) is -1.01. The number of aromatic amines is 1. The van der Waals surface area contributed by atoms with Crippen LogP contribution in [0.25, 0.3) is 0 Å². The molecule has 0 fully saturated rings. The molecule has 0 atom stereocenters. The first-order chi connectivity index (χ1) is 11.3. The van der Waals surface area contributed by atoms with Gasteiger partial charge in [0.25, 0.3) is 17.4 Å². The molecule has 2 aromatic rings. The van der Waals surface area contributed by atoms with E-state index in [1.807, 2.05) is 0 Å². The summed E-state index contributed by atoms with van der Waals surface area (Å²) in [6, 6.07) is 6.65. The first kappa shape index (κ1) is 17.5. The van der Waals surface area contributed by atoms with Crippen LogP contribution in [-0.4, -0.2) is 47.0 Å². The molecule has 0 aliphatic carbocycles. The smallest absolute Gasteiger partial charge is 0.266 e. The maximum Gasteiger partial charge on any atom is 0.266 e. The molecule has 1 aromatic heterocycles. The average Bonchev–Trinajstić information content (AvgIpc) is 2.53. The zero-order valence-electron chi connectivity index (χ0n) is 13.4. The van der Waals surface area contributed by atoms with Crippen LogP contribution in [0.2, 0.25) is 0 Å². The molecule has 4 N–H and O–H groups in total. The third kappa shape index (κ3) is 3.74. The van der Waals surface area contributed by atoms with Crippen molar-refractivity contribution < 1.29 is 9.59 Å². The second-order valence-corrected chi connectivity index (χ2v) is 5.86. The van der Waals surface area contributed by atoms with Gasteiger partial charge in [-0.25, -0.2) is 4.98 Å². The molecule has 0 unspecified atom stereocenters. The van der Waals surface area contributed by atoms with Crippen LogP contribution in [0.5, 0.6) is 0 Å². The number of thioether (sulfide) groups is 1. The summed E-state index contributed by atoms with van der Waals surface area (Å²) in [7, 11) is 3.30. The number of aromatic nitrogens is 2. The highest BCUT2D eigenvalue weighted by molar-refractivity contribution is 7.98. The number of anilines is 2. The van der Waals surface area contributed by atoms with Crippen molar-refractivity contribution in [3.63, 3.8) is 0 Å². The molecular weight excluding hydrogens is 330 g/mol. The summed E-state index contributed by atoms with van der Waals surface area (Å²) < 4.78 is 0. The van der Waals surface area contributed by atoms with Gasteiger partial charge in [0, 0.05) is 25.3 Å². The topological polar surface area (TPSA) is 121 Å². The van der Waals surface area contributed by atoms with Gasteiger partial charge in [-0.15, -0.1) is 0 Å². The number of nitrogens with one attached hydrogen (secondary N) is 2. The zero-order valence-corrected chi connectivity index (χ0v) is 14.2. The molecule has 2 amide bonds. The number of H-pyrrole nitrogens is 1. The Labute approximate surface area is 142 Å². The Kier molecular flexibility index (Phi) is 5.24. The second kappa shape index (κ2) is 7.18. The number of primary amides is 1. The summed E-state index contributed by atoms with van der Waals surface area (Å²) in [5, 5.41) is 3.23. The molecule has 1 heterocycles. The number of carbonyl (C=O) groups excluding carboxylic acids is 2. The van der Waals surface area contributed by atoms with Crippen LogP contribution in [0.1, 0.15) is 20.7 Å². The van der Waals surface area contributed by atoms with Crippen LogP contribution in [0.15, 0.2) is 34.2 Å². The molecule has 0 spiro atoms. The van der Waals surface area contributed by atoms with Gasteiger partial charge in [-0.05, 0) is 24.5 Å². The van der Waals surface area contributed by atoms with E-state index in [9.17, 15) is 14.4 Å². The van der Waals surface area contributed by atoms with E-state index >= 15 is 0 Å². The van der Waals surface area contributed by atoms with Gasteiger partial charge in [-0.3, -0.25) is 14.4 Å². The molecule has 126 valence electrons. The van der Waals surface area contributed by atoms with E-state index in [2.05, 4.69) is 15.3 Å². The maximum atomic E-state index is 12.0. The van der Waals surface area contributed by atoms with Crippen molar-refractivity contribution in [3.05, 3.63) is 45.7 Å². The molecule has 24 heavy (non-hydrogen) atoms. The fourth-order valence-electron chi connectivity index (χ4n) is 1.99. The van der Waals surface area contributed by atoms with Crippen LogP contribution in [-0.2, 0) is 0 Å². The third-order valence-corrected chi connectivity index (χ3v) is 3.70. The summed E-state index contributed by atoms with van der Waals surface area (Å²) in [4.78, 5) is 43.7. The van der Waals surface area contributed by atoms with Crippen molar-refractivity contribution in [3.8, 4) is 0 Å². The zero-order chi connectivity index (χ0) is 17.9. The van der Waals surface area contributed by atoms with E-state index in [0.29, 0.717) is 16.4 Å². The molecule has 2 rings (SSSR count). The summed E-state index contributed by atoms with van der Waals surface area (Å²) in [6.45, 7) is 0. The number of rotatable bonds is 5. The lowest BCUT2D eigenvalue weighted by Crippen LogP contribution is -2.26. The van der Waals surface area contributed by atoms with Crippen LogP contribution in [0, 0.1) is 0 Å². The Bertz CT molecular complexity index is 847. The van der Waals surface area contributed by atoms with Gasteiger partial charge in [0.1, 0.15) is 5.56 Å². The molecule has 0 radical (unpaired) electrons. The highest BCUT2D eigenvalue weighted by Gasteiger charge is 2.17.